The number of hydrogen-bond acceptors (Lipinski definition) is 1. The third-order valence-electron chi connectivity index (χ3n) is 3.96. The Bertz CT molecular complexity index is 399. The van der Waals surface area contributed by atoms with Gasteiger partial charge in [0.2, 0.25) is 0 Å². The Hall–Kier alpha value is -0.210. The zero-order valence-electron chi connectivity index (χ0n) is 11.0. The molecule has 0 N–H and O–H groups in total. The lowest BCUT2D eigenvalue weighted by Crippen LogP contribution is -2.17. The molecule has 1 nitrogen and oxygen atoms in total. The summed E-state index contributed by atoms with van der Waals surface area (Å²) in [6.07, 6.45) is 5.05. The van der Waals surface area contributed by atoms with Crippen LogP contribution >= 0.6 is 27.5 Å². The predicted octanol–water partition coefficient (Wildman–Crippen LogP) is 5.56. The molecule has 2 rings (SSSR count). The van der Waals surface area contributed by atoms with Crippen LogP contribution in [0.4, 0.5) is 0 Å². The first-order chi connectivity index (χ1) is 8.61. The van der Waals surface area contributed by atoms with Crippen LogP contribution in [0, 0.1) is 11.8 Å². The molecule has 0 saturated heterocycles. The quantitative estimate of drug-likeness (QED) is 0.658. The average Bonchev–Trinajstić information content (AvgIpc) is 2.39. The second-order valence-corrected chi connectivity index (χ2v) is 6.69. The maximum Gasteiger partial charge on any atom is 0.123 e. The van der Waals surface area contributed by atoms with Gasteiger partial charge < -0.3 is 4.74 Å². The number of rotatable bonds is 3. The monoisotopic (exact) mass is 330 g/mol. The molecule has 1 aromatic rings. The second kappa shape index (κ2) is 6.29. The highest BCUT2D eigenvalue weighted by molar-refractivity contribution is 9.10. The van der Waals surface area contributed by atoms with E-state index in [1.54, 1.807) is 7.11 Å². The van der Waals surface area contributed by atoms with Gasteiger partial charge in [-0.05, 0) is 42.9 Å². The average molecular weight is 332 g/mol. The fourth-order valence-electron chi connectivity index (χ4n) is 2.75. The molecule has 0 spiro atoms. The molecule has 1 aliphatic rings. The zero-order chi connectivity index (χ0) is 13.1. The minimum absolute atomic E-state index is 0.0601. The molecule has 1 saturated carbocycles. The minimum atomic E-state index is 0.0601. The number of hydrogen-bond donors (Lipinski definition) is 0. The van der Waals surface area contributed by atoms with Crippen LogP contribution in [0.3, 0.4) is 0 Å². The number of methoxy groups -OCH3 is 1. The highest BCUT2D eigenvalue weighted by Crippen LogP contribution is 2.43. The predicted molar refractivity (Wildman–Crippen MR) is 80.4 cm³/mol. The molecule has 0 radical (unpaired) electrons. The van der Waals surface area contributed by atoms with Crippen LogP contribution in [0.1, 0.15) is 43.5 Å². The van der Waals surface area contributed by atoms with Crippen LogP contribution in [0.25, 0.3) is 0 Å². The normalized spacial score (nSPS) is 25.8. The molecule has 0 bridgehead atoms. The van der Waals surface area contributed by atoms with Crippen molar-refractivity contribution >= 4 is 27.5 Å². The van der Waals surface area contributed by atoms with Crippen LogP contribution in [-0.4, -0.2) is 7.11 Å². The Kier molecular flexibility index (Phi) is 4.97. The van der Waals surface area contributed by atoms with Crippen molar-refractivity contribution in [2.24, 2.45) is 11.8 Å². The van der Waals surface area contributed by atoms with E-state index in [9.17, 15) is 0 Å². The maximum absolute atomic E-state index is 6.69. The lowest BCUT2D eigenvalue weighted by molar-refractivity contribution is 0.280. The Balaban J connectivity index is 2.17. The van der Waals surface area contributed by atoms with Crippen molar-refractivity contribution in [3.8, 4) is 5.75 Å². The number of benzene rings is 1. The lowest BCUT2D eigenvalue weighted by Gasteiger charge is -2.30. The number of halogens is 2. The van der Waals surface area contributed by atoms with Crippen LogP contribution < -0.4 is 4.74 Å². The van der Waals surface area contributed by atoms with E-state index in [0.717, 1.165) is 21.7 Å². The molecule has 1 unspecified atom stereocenters. The Morgan fingerprint density at radius 2 is 1.94 bits per heavy atom. The van der Waals surface area contributed by atoms with Crippen LogP contribution in [-0.2, 0) is 0 Å². The summed E-state index contributed by atoms with van der Waals surface area (Å²) in [4.78, 5) is 0. The van der Waals surface area contributed by atoms with Gasteiger partial charge in [0.25, 0.3) is 0 Å². The second-order valence-electron chi connectivity index (χ2n) is 5.31. The first kappa shape index (κ1) is 14.2. The molecule has 100 valence electrons. The van der Waals surface area contributed by atoms with E-state index in [1.807, 2.05) is 12.1 Å². The highest BCUT2D eigenvalue weighted by Gasteiger charge is 2.27. The van der Waals surface area contributed by atoms with Crippen LogP contribution in [0.5, 0.6) is 5.75 Å². The molecule has 0 heterocycles. The van der Waals surface area contributed by atoms with Gasteiger partial charge in [0, 0.05) is 10.0 Å². The molecule has 1 atom stereocenters. The van der Waals surface area contributed by atoms with Crippen LogP contribution in [0.15, 0.2) is 22.7 Å². The van der Waals surface area contributed by atoms with Gasteiger partial charge in [-0.15, -0.1) is 11.6 Å². The molecule has 0 amide bonds. The smallest absolute Gasteiger partial charge is 0.123 e. The van der Waals surface area contributed by atoms with Crippen LogP contribution in [0.2, 0.25) is 0 Å². The Morgan fingerprint density at radius 1 is 1.28 bits per heavy atom. The summed E-state index contributed by atoms with van der Waals surface area (Å²) in [5.41, 5.74) is 1.12. The SMILES string of the molecule is COc1ccc(Br)cc1C(Cl)C1CCC(C)CC1. The molecule has 18 heavy (non-hydrogen) atoms. The molecule has 1 fully saturated rings. The van der Waals surface area contributed by atoms with Gasteiger partial charge in [-0.25, -0.2) is 0 Å². The van der Waals surface area contributed by atoms with Crippen molar-refractivity contribution in [2.45, 2.75) is 38.0 Å². The summed E-state index contributed by atoms with van der Waals surface area (Å²) in [6.45, 7) is 2.33. The van der Waals surface area contributed by atoms with Crippen molar-refractivity contribution in [2.75, 3.05) is 7.11 Å². The minimum Gasteiger partial charge on any atom is -0.496 e. The molecular formula is C15H20BrClO. The van der Waals surface area contributed by atoms with Gasteiger partial charge in [-0.3, -0.25) is 0 Å². The van der Waals surface area contributed by atoms with Crippen molar-refractivity contribution in [1.29, 1.82) is 0 Å². The third-order valence-corrected chi connectivity index (χ3v) is 5.05. The summed E-state index contributed by atoms with van der Waals surface area (Å²) in [6, 6.07) is 6.07. The molecule has 1 aliphatic carbocycles. The summed E-state index contributed by atoms with van der Waals surface area (Å²) in [5.74, 6) is 2.33. The molecular weight excluding hydrogens is 312 g/mol. The van der Waals surface area contributed by atoms with E-state index >= 15 is 0 Å². The van der Waals surface area contributed by atoms with E-state index < -0.39 is 0 Å². The first-order valence-electron chi connectivity index (χ1n) is 6.59. The van der Waals surface area contributed by atoms with Gasteiger partial charge in [-0.2, -0.15) is 0 Å². The molecule has 1 aromatic carbocycles. The molecule has 0 aromatic heterocycles. The largest absolute Gasteiger partial charge is 0.496 e. The summed E-state index contributed by atoms with van der Waals surface area (Å²) < 4.78 is 6.49. The first-order valence-corrected chi connectivity index (χ1v) is 7.82. The molecule has 0 aliphatic heterocycles. The van der Waals surface area contributed by atoms with Gasteiger partial charge in [0.05, 0.1) is 12.5 Å². The number of alkyl halides is 1. The van der Waals surface area contributed by atoms with Gasteiger partial charge >= 0.3 is 0 Å². The van der Waals surface area contributed by atoms with E-state index in [1.165, 1.54) is 25.7 Å². The van der Waals surface area contributed by atoms with Gasteiger partial charge in [0.1, 0.15) is 5.75 Å². The van der Waals surface area contributed by atoms with E-state index in [2.05, 4.69) is 28.9 Å². The fraction of sp³-hybridized carbons (Fsp3) is 0.600. The topological polar surface area (TPSA) is 9.23 Å². The Morgan fingerprint density at radius 3 is 2.56 bits per heavy atom. The summed E-state index contributed by atoms with van der Waals surface area (Å²) in [7, 11) is 1.71. The van der Waals surface area contributed by atoms with E-state index in [-0.39, 0.29) is 5.38 Å². The zero-order valence-corrected chi connectivity index (χ0v) is 13.3. The Labute approximate surface area is 123 Å². The van der Waals surface area contributed by atoms with E-state index in [4.69, 9.17) is 16.3 Å². The number of ether oxygens (including phenoxy) is 1. The summed E-state index contributed by atoms with van der Waals surface area (Å²) >= 11 is 10.2. The van der Waals surface area contributed by atoms with Gasteiger partial charge in [-0.1, -0.05) is 35.7 Å². The third kappa shape index (κ3) is 3.21. The van der Waals surface area contributed by atoms with Crippen molar-refractivity contribution in [1.82, 2.24) is 0 Å². The van der Waals surface area contributed by atoms with E-state index in [0.29, 0.717) is 5.92 Å². The summed E-state index contributed by atoms with van der Waals surface area (Å²) in [5, 5.41) is 0.0601. The van der Waals surface area contributed by atoms with Crippen molar-refractivity contribution in [3.05, 3.63) is 28.2 Å². The van der Waals surface area contributed by atoms with Crippen molar-refractivity contribution in [3.63, 3.8) is 0 Å². The van der Waals surface area contributed by atoms with Gasteiger partial charge in [0.15, 0.2) is 0 Å². The molecule has 3 heteroatoms. The van der Waals surface area contributed by atoms with Crippen molar-refractivity contribution < 1.29 is 4.74 Å². The maximum atomic E-state index is 6.69. The fourth-order valence-corrected chi connectivity index (χ4v) is 3.55. The lowest BCUT2D eigenvalue weighted by atomic mass is 9.79. The standard InChI is InChI=1S/C15H20BrClO/c1-10-3-5-11(6-4-10)15(17)13-9-12(16)7-8-14(13)18-2/h7-11,15H,3-6H2,1-2H3. The highest BCUT2D eigenvalue weighted by atomic mass is 79.9.